The molecule has 4 nitrogen and oxygen atoms in total. The predicted molar refractivity (Wildman–Crippen MR) is 134 cm³/mol. The SMILES string of the molecule is CCC=CCC(=O)N1CCc2cc(NC(=O)c3ccccc3-c3ccc(C(F)(F)F)cc3)ccc2C1. The van der Waals surface area contributed by atoms with E-state index in [1.165, 1.54) is 12.1 Å². The van der Waals surface area contributed by atoms with Gasteiger partial charge in [0, 0.05) is 30.8 Å². The summed E-state index contributed by atoms with van der Waals surface area (Å²) < 4.78 is 38.8. The van der Waals surface area contributed by atoms with Crippen molar-refractivity contribution in [2.75, 3.05) is 11.9 Å². The summed E-state index contributed by atoms with van der Waals surface area (Å²) >= 11 is 0. The first kappa shape index (κ1) is 25.2. The number of fused-ring (bicyclic) bond motifs is 1. The van der Waals surface area contributed by atoms with Gasteiger partial charge in [-0.05, 0) is 65.4 Å². The van der Waals surface area contributed by atoms with Crippen molar-refractivity contribution in [1.29, 1.82) is 0 Å². The Labute approximate surface area is 208 Å². The Morgan fingerprint density at radius 1 is 0.972 bits per heavy atom. The van der Waals surface area contributed by atoms with Crippen LogP contribution in [0.1, 0.15) is 46.8 Å². The quantitative estimate of drug-likeness (QED) is 0.382. The maximum atomic E-state index is 13.1. The van der Waals surface area contributed by atoms with Crippen LogP contribution in [0, 0.1) is 0 Å². The van der Waals surface area contributed by atoms with E-state index in [4.69, 9.17) is 0 Å². The van der Waals surface area contributed by atoms with Gasteiger partial charge in [0.2, 0.25) is 5.91 Å². The van der Waals surface area contributed by atoms with Crippen molar-refractivity contribution in [3.63, 3.8) is 0 Å². The van der Waals surface area contributed by atoms with Gasteiger partial charge in [0.15, 0.2) is 0 Å². The number of rotatable bonds is 6. The van der Waals surface area contributed by atoms with Crippen LogP contribution in [0.4, 0.5) is 18.9 Å². The van der Waals surface area contributed by atoms with E-state index in [2.05, 4.69) is 5.32 Å². The molecule has 0 fully saturated rings. The number of alkyl halides is 3. The van der Waals surface area contributed by atoms with Gasteiger partial charge in [0.25, 0.3) is 5.91 Å². The first-order chi connectivity index (χ1) is 17.3. The number of amides is 2. The molecule has 1 aliphatic rings. The molecule has 1 N–H and O–H groups in total. The van der Waals surface area contributed by atoms with E-state index in [0.717, 1.165) is 29.7 Å². The number of nitrogens with zero attached hydrogens (tertiary/aromatic N) is 1. The average Bonchev–Trinajstić information content (AvgIpc) is 2.88. The van der Waals surface area contributed by atoms with Gasteiger partial charge in [-0.25, -0.2) is 0 Å². The van der Waals surface area contributed by atoms with Gasteiger partial charge < -0.3 is 10.2 Å². The highest BCUT2D eigenvalue weighted by atomic mass is 19.4. The summed E-state index contributed by atoms with van der Waals surface area (Å²) in [5.41, 5.74) is 3.47. The molecule has 0 radical (unpaired) electrons. The van der Waals surface area contributed by atoms with Crippen LogP contribution in [-0.2, 0) is 23.9 Å². The minimum Gasteiger partial charge on any atom is -0.338 e. The molecule has 0 spiro atoms. The lowest BCUT2D eigenvalue weighted by atomic mass is 9.97. The Kier molecular flexibility index (Phi) is 7.58. The molecular formula is C29H27F3N2O2. The number of halogens is 3. The molecule has 0 saturated heterocycles. The number of carbonyl (C=O) groups is 2. The van der Waals surface area contributed by atoms with E-state index in [1.54, 1.807) is 24.3 Å². The third kappa shape index (κ3) is 5.85. The minimum absolute atomic E-state index is 0.0996. The van der Waals surface area contributed by atoms with Gasteiger partial charge in [-0.1, -0.05) is 55.5 Å². The van der Waals surface area contributed by atoms with Crippen LogP contribution < -0.4 is 5.32 Å². The second-order valence-electron chi connectivity index (χ2n) is 8.71. The number of benzene rings is 3. The average molecular weight is 493 g/mol. The van der Waals surface area contributed by atoms with Crippen molar-refractivity contribution in [3.8, 4) is 11.1 Å². The van der Waals surface area contributed by atoms with Crippen LogP contribution in [0.15, 0.2) is 78.9 Å². The molecule has 0 atom stereocenters. The molecule has 0 saturated carbocycles. The monoisotopic (exact) mass is 492 g/mol. The third-order valence-electron chi connectivity index (χ3n) is 6.22. The molecule has 0 bridgehead atoms. The predicted octanol–water partition coefficient (Wildman–Crippen LogP) is 6.87. The van der Waals surface area contributed by atoms with E-state index in [9.17, 15) is 22.8 Å². The second-order valence-corrected chi connectivity index (χ2v) is 8.71. The Bertz CT molecular complexity index is 1280. The van der Waals surface area contributed by atoms with E-state index in [1.807, 2.05) is 42.2 Å². The Balaban J connectivity index is 1.48. The standard InChI is InChI=1S/C29H27F3N2O2/c1-2-3-4-9-27(35)34-17-16-21-18-24(15-12-22(21)19-34)33-28(36)26-8-6-5-7-25(26)20-10-13-23(14-11-20)29(30,31)32/h3-8,10-15,18H,2,9,16-17,19H2,1H3,(H,33,36). The van der Waals surface area contributed by atoms with Crippen molar-refractivity contribution in [3.05, 3.63) is 101 Å². The van der Waals surface area contributed by atoms with Crippen LogP contribution in [0.3, 0.4) is 0 Å². The number of anilines is 1. The van der Waals surface area contributed by atoms with Crippen molar-refractivity contribution >= 4 is 17.5 Å². The minimum atomic E-state index is -4.42. The highest BCUT2D eigenvalue weighted by Gasteiger charge is 2.30. The number of hydrogen-bond acceptors (Lipinski definition) is 2. The molecule has 186 valence electrons. The molecule has 0 aromatic heterocycles. The van der Waals surface area contributed by atoms with E-state index in [0.29, 0.717) is 48.3 Å². The van der Waals surface area contributed by atoms with Gasteiger partial charge in [-0.2, -0.15) is 13.2 Å². The fourth-order valence-electron chi connectivity index (χ4n) is 4.29. The first-order valence-electron chi connectivity index (χ1n) is 11.9. The van der Waals surface area contributed by atoms with Crippen LogP contribution in [0.25, 0.3) is 11.1 Å². The lowest BCUT2D eigenvalue weighted by molar-refractivity contribution is -0.137. The molecular weight excluding hydrogens is 465 g/mol. The fourth-order valence-corrected chi connectivity index (χ4v) is 4.29. The van der Waals surface area contributed by atoms with Crippen molar-refractivity contribution < 1.29 is 22.8 Å². The van der Waals surface area contributed by atoms with Crippen molar-refractivity contribution in [2.45, 2.75) is 38.9 Å². The fraction of sp³-hybridized carbons (Fsp3) is 0.241. The molecule has 3 aromatic carbocycles. The second kappa shape index (κ2) is 10.8. The zero-order valence-corrected chi connectivity index (χ0v) is 19.9. The van der Waals surface area contributed by atoms with Crippen LogP contribution in [-0.4, -0.2) is 23.3 Å². The van der Waals surface area contributed by atoms with Gasteiger partial charge in [0.1, 0.15) is 0 Å². The summed E-state index contributed by atoms with van der Waals surface area (Å²) in [6, 6.07) is 17.3. The third-order valence-corrected chi connectivity index (χ3v) is 6.22. The summed E-state index contributed by atoms with van der Waals surface area (Å²) in [6.45, 7) is 3.20. The normalized spacial score (nSPS) is 13.5. The topological polar surface area (TPSA) is 49.4 Å². The largest absolute Gasteiger partial charge is 0.416 e. The van der Waals surface area contributed by atoms with E-state index in [-0.39, 0.29) is 11.8 Å². The number of allylic oxidation sites excluding steroid dienone is 1. The van der Waals surface area contributed by atoms with Crippen molar-refractivity contribution in [2.24, 2.45) is 0 Å². The summed E-state index contributed by atoms with van der Waals surface area (Å²) in [5.74, 6) is -0.247. The molecule has 1 aliphatic heterocycles. The number of nitrogens with one attached hydrogen (secondary N) is 1. The molecule has 3 aromatic rings. The van der Waals surface area contributed by atoms with Gasteiger partial charge in [-0.15, -0.1) is 0 Å². The lowest BCUT2D eigenvalue weighted by Crippen LogP contribution is -2.35. The van der Waals surface area contributed by atoms with Gasteiger partial charge in [0.05, 0.1) is 5.56 Å². The van der Waals surface area contributed by atoms with E-state index >= 15 is 0 Å². The van der Waals surface area contributed by atoms with E-state index < -0.39 is 11.7 Å². The summed E-state index contributed by atoms with van der Waals surface area (Å²) in [4.78, 5) is 27.4. The summed E-state index contributed by atoms with van der Waals surface area (Å²) in [5, 5.41) is 2.91. The molecule has 36 heavy (non-hydrogen) atoms. The molecule has 7 heteroatoms. The van der Waals surface area contributed by atoms with Gasteiger partial charge >= 0.3 is 6.18 Å². The summed E-state index contributed by atoms with van der Waals surface area (Å²) in [7, 11) is 0. The molecule has 0 aliphatic carbocycles. The lowest BCUT2D eigenvalue weighted by Gasteiger charge is -2.29. The zero-order chi connectivity index (χ0) is 25.7. The smallest absolute Gasteiger partial charge is 0.338 e. The highest BCUT2D eigenvalue weighted by Crippen LogP contribution is 2.32. The first-order valence-corrected chi connectivity index (χ1v) is 11.9. The molecule has 0 unspecified atom stereocenters. The Hall–Kier alpha value is -3.87. The maximum absolute atomic E-state index is 13.1. The van der Waals surface area contributed by atoms with Crippen LogP contribution in [0.2, 0.25) is 0 Å². The molecule has 1 heterocycles. The Morgan fingerprint density at radius 2 is 1.72 bits per heavy atom. The highest BCUT2D eigenvalue weighted by molar-refractivity contribution is 6.08. The maximum Gasteiger partial charge on any atom is 0.416 e. The van der Waals surface area contributed by atoms with Crippen LogP contribution in [0.5, 0.6) is 0 Å². The van der Waals surface area contributed by atoms with Crippen molar-refractivity contribution in [1.82, 2.24) is 4.90 Å². The number of hydrogen-bond donors (Lipinski definition) is 1. The van der Waals surface area contributed by atoms with Gasteiger partial charge in [-0.3, -0.25) is 9.59 Å². The molecule has 2 amide bonds. The summed E-state index contributed by atoms with van der Waals surface area (Å²) in [6.07, 6.45) is 1.47. The zero-order valence-electron chi connectivity index (χ0n) is 19.9. The van der Waals surface area contributed by atoms with Crippen LogP contribution >= 0.6 is 0 Å². The molecule has 4 rings (SSSR count). The Morgan fingerprint density at radius 3 is 2.44 bits per heavy atom. The number of carbonyl (C=O) groups excluding carboxylic acids is 2.